The van der Waals surface area contributed by atoms with E-state index in [1.165, 1.54) is 25.1 Å². The van der Waals surface area contributed by atoms with E-state index in [4.69, 9.17) is 17.0 Å². The average molecular weight is 469 g/mol. The summed E-state index contributed by atoms with van der Waals surface area (Å²) < 4.78 is 31.2. The highest BCUT2D eigenvalue weighted by Gasteiger charge is 2.18. The van der Waals surface area contributed by atoms with E-state index in [2.05, 4.69) is 9.60 Å². The van der Waals surface area contributed by atoms with Crippen molar-refractivity contribution in [3.05, 3.63) is 83.7 Å². The highest BCUT2D eigenvalue weighted by Crippen LogP contribution is 2.33. The van der Waals surface area contributed by atoms with Crippen LogP contribution in [0.5, 0.6) is 5.75 Å². The fraction of sp³-hybridized carbons (Fsp3) is 0.0435. The molecule has 0 aliphatic rings. The molecule has 0 saturated heterocycles. The first-order valence-electron chi connectivity index (χ1n) is 9.57. The number of carbonyl (C=O) groups excluding carboxylic acids is 1. The number of allylic oxidation sites excluding steroid dienone is 1. The first kappa shape index (κ1) is 23.8. The summed E-state index contributed by atoms with van der Waals surface area (Å²) in [4.78, 5) is 12.7. The number of hydrogen-bond acceptors (Lipinski definition) is 6. The van der Waals surface area contributed by atoms with E-state index in [0.29, 0.717) is 27.1 Å². The van der Waals surface area contributed by atoms with Crippen molar-refractivity contribution in [3.63, 3.8) is 0 Å². The maximum Gasteiger partial charge on any atom is 0.284 e. The van der Waals surface area contributed by atoms with Crippen LogP contribution >= 0.6 is 0 Å². The van der Waals surface area contributed by atoms with Gasteiger partial charge in [-0.05, 0) is 47.9 Å². The molecule has 0 spiro atoms. The highest BCUT2D eigenvalue weighted by molar-refractivity contribution is 7.80. The van der Waals surface area contributed by atoms with Crippen molar-refractivity contribution < 1.29 is 22.8 Å². The Morgan fingerprint density at radius 2 is 1.79 bits per heavy atom. The molecule has 170 valence electrons. The van der Waals surface area contributed by atoms with Gasteiger partial charge in [-0.15, -0.1) is 0 Å². The Labute approximate surface area is 191 Å². The lowest BCUT2D eigenvalue weighted by molar-refractivity contribution is -0.114. The molecule has 0 radical (unpaired) electrons. The molecule has 3 rings (SSSR count). The van der Waals surface area contributed by atoms with Gasteiger partial charge >= 0.3 is 0 Å². The zero-order chi connectivity index (χ0) is 24.1. The fourth-order valence-corrected chi connectivity index (χ4v) is 3.76. The lowest BCUT2D eigenvalue weighted by Gasteiger charge is -2.12. The van der Waals surface area contributed by atoms with Crippen molar-refractivity contribution in [1.82, 2.24) is 0 Å². The molecule has 33 heavy (non-hydrogen) atoms. The Hall–Kier alpha value is -3.86. The van der Waals surface area contributed by atoms with Crippen LogP contribution in [0.4, 0.5) is 10.1 Å². The lowest BCUT2D eigenvalue weighted by atomic mass is 10.0. The molecule has 0 bridgehead atoms. The number of rotatable bonds is 7. The number of phenols is 1. The van der Waals surface area contributed by atoms with Crippen molar-refractivity contribution in [2.75, 3.05) is 5.32 Å². The number of carbonyl (C=O) groups is 1. The van der Waals surface area contributed by atoms with Crippen LogP contribution in [-0.4, -0.2) is 21.1 Å². The standard InChI is InChI=1S/C23H21FN4O4S/c1-13(14-5-4-6-16(11-14)22(25)26)21(24)23(30)28-18-10-9-15(12-19(18)29)17-7-2-3-8-20(17)33(31)32-27/h2-12,29H,27H2,1H3,(H3,25,26)(H,28,30)/b21-13+. The van der Waals surface area contributed by atoms with Crippen LogP contribution < -0.4 is 16.9 Å². The maximum atomic E-state index is 14.8. The summed E-state index contributed by atoms with van der Waals surface area (Å²) in [6, 6.07) is 17.2. The number of amidine groups is 1. The van der Waals surface area contributed by atoms with Crippen molar-refractivity contribution in [2.45, 2.75) is 11.8 Å². The van der Waals surface area contributed by atoms with Crippen LogP contribution in [0, 0.1) is 5.41 Å². The van der Waals surface area contributed by atoms with Gasteiger partial charge < -0.3 is 16.2 Å². The van der Waals surface area contributed by atoms with E-state index in [0.717, 1.165) is 0 Å². The maximum absolute atomic E-state index is 14.8. The minimum atomic E-state index is -1.91. The molecule has 0 saturated carbocycles. The Bertz CT molecular complexity index is 1290. The second-order valence-electron chi connectivity index (χ2n) is 6.95. The van der Waals surface area contributed by atoms with Crippen LogP contribution in [0.3, 0.4) is 0 Å². The molecule has 0 aromatic heterocycles. The molecule has 0 fully saturated rings. The number of nitrogens with two attached hydrogens (primary N) is 2. The third kappa shape index (κ3) is 5.32. The molecule has 0 aliphatic carbocycles. The van der Waals surface area contributed by atoms with Gasteiger partial charge in [-0.2, -0.15) is 10.2 Å². The summed E-state index contributed by atoms with van der Waals surface area (Å²) in [6.07, 6.45) is 0. The van der Waals surface area contributed by atoms with Gasteiger partial charge in [0.15, 0.2) is 5.83 Å². The molecule has 10 heteroatoms. The number of hydrogen-bond donors (Lipinski definition) is 5. The van der Waals surface area contributed by atoms with Crippen LogP contribution in [0.25, 0.3) is 16.7 Å². The summed E-state index contributed by atoms with van der Waals surface area (Å²) in [5.41, 5.74) is 7.27. The van der Waals surface area contributed by atoms with E-state index in [1.807, 2.05) is 0 Å². The first-order valence-corrected chi connectivity index (χ1v) is 10.6. The predicted octanol–water partition coefficient (Wildman–Crippen LogP) is 3.60. The summed E-state index contributed by atoms with van der Waals surface area (Å²) in [6.45, 7) is 1.42. The zero-order valence-corrected chi connectivity index (χ0v) is 18.3. The molecular weight excluding hydrogens is 447 g/mol. The molecule has 0 heterocycles. The van der Waals surface area contributed by atoms with Crippen LogP contribution in [0.15, 0.2) is 77.5 Å². The number of nitrogens with one attached hydrogen (secondary N) is 2. The highest BCUT2D eigenvalue weighted by atomic mass is 32.2. The first-order chi connectivity index (χ1) is 15.7. The zero-order valence-electron chi connectivity index (χ0n) is 17.5. The van der Waals surface area contributed by atoms with Crippen molar-refractivity contribution in [1.29, 1.82) is 5.41 Å². The molecular formula is C23H21FN4O4S. The van der Waals surface area contributed by atoms with E-state index >= 15 is 0 Å². The molecule has 3 aromatic carbocycles. The topological polar surface area (TPSA) is 152 Å². The van der Waals surface area contributed by atoms with Crippen LogP contribution in [0.2, 0.25) is 0 Å². The smallest absolute Gasteiger partial charge is 0.284 e. The predicted molar refractivity (Wildman–Crippen MR) is 125 cm³/mol. The van der Waals surface area contributed by atoms with Crippen LogP contribution in [0.1, 0.15) is 18.1 Å². The van der Waals surface area contributed by atoms with Gasteiger partial charge in [0, 0.05) is 11.1 Å². The quantitative estimate of drug-likeness (QED) is 0.117. The molecule has 3 aromatic rings. The Morgan fingerprint density at radius 3 is 2.45 bits per heavy atom. The van der Waals surface area contributed by atoms with Gasteiger partial charge in [0.25, 0.3) is 5.91 Å². The molecule has 8 nitrogen and oxygen atoms in total. The molecule has 0 aliphatic heterocycles. The van der Waals surface area contributed by atoms with Crippen molar-refractivity contribution >= 4 is 34.1 Å². The second kappa shape index (κ2) is 10.2. The Balaban J connectivity index is 1.87. The number of phenolic OH excluding ortho intramolecular Hbond substituents is 1. The van der Waals surface area contributed by atoms with Crippen LogP contribution in [-0.2, 0) is 20.2 Å². The van der Waals surface area contributed by atoms with E-state index in [9.17, 15) is 18.5 Å². The van der Waals surface area contributed by atoms with Gasteiger partial charge in [0.05, 0.1) is 10.6 Å². The molecule has 1 amide bonds. The average Bonchev–Trinajstić information content (AvgIpc) is 2.83. The Kier molecular flexibility index (Phi) is 7.34. The van der Waals surface area contributed by atoms with Gasteiger partial charge in [-0.3, -0.25) is 10.2 Å². The minimum absolute atomic E-state index is 0.0159. The van der Waals surface area contributed by atoms with Gasteiger partial charge in [-0.1, -0.05) is 42.5 Å². The number of anilines is 1. The molecule has 1 atom stereocenters. The number of nitrogen functional groups attached to an aromatic ring is 1. The van der Waals surface area contributed by atoms with E-state index < -0.39 is 22.8 Å². The number of benzene rings is 3. The minimum Gasteiger partial charge on any atom is -0.506 e. The summed E-state index contributed by atoms with van der Waals surface area (Å²) in [5, 5.41) is 20.2. The normalized spacial score (nSPS) is 12.6. The lowest BCUT2D eigenvalue weighted by Crippen LogP contribution is -2.14. The Morgan fingerprint density at radius 1 is 1.09 bits per heavy atom. The van der Waals surface area contributed by atoms with Gasteiger partial charge in [-0.25, -0.2) is 8.60 Å². The largest absolute Gasteiger partial charge is 0.506 e. The summed E-state index contributed by atoms with van der Waals surface area (Å²) in [5.74, 6) is 2.42. The molecule has 1 unspecified atom stereocenters. The fourth-order valence-electron chi connectivity index (χ4n) is 3.10. The number of halogens is 1. The van der Waals surface area contributed by atoms with Crippen molar-refractivity contribution in [2.24, 2.45) is 11.6 Å². The second-order valence-corrected chi connectivity index (χ2v) is 8.05. The third-order valence-corrected chi connectivity index (χ3v) is 5.74. The SMILES string of the molecule is C/C(=C(\F)C(=O)Nc1ccc(-c2ccccc2S(=O)ON)cc1O)c1cccc(C(=N)N)c1. The summed E-state index contributed by atoms with van der Waals surface area (Å²) >= 11 is -1.91. The van der Waals surface area contributed by atoms with Crippen molar-refractivity contribution in [3.8, 4) is 16.9 Å². The van der Waals surface area contributed by atoms with E-state index in [1.54, 1.807) is 48.5 Å². The third-order valence-electron chi connectivity index (χ3n) is 4.85. The van der Waals surface area contributed by atoms with E-state index in [-0.39, 0.29) is 22.8 Å². The monoisotopic (exact) mass is 468 g/mol. The van der Waals surface area contributed by atoms with Gasteiger partial charge in [0.1, 0.15) is 11.6 Å². The molecule has 7 N–H and O–H groups in total. The number of aromatic hydroxyl groups is 1. The summed E-state index contributed by atoms with van der Waals surface area (Å²) in [7, 11) is 0. The van der Waals surface area contributed by atoms with Gasteiger partial charge in [0.2, 0.25) is 11.1 Å². The number of amides is 1.